The average molecular weight is 320 g/mol. The first kappa shape index (κ1) is 13.8. The van der Waals surface area contributed by atoms with Gasteiger partial charge in [-0.1, -0.05) is 0 Å². The third-order valence-electron chi connectivity index (χ3n) is 1.76. The van der Waals surface area contributed by atoms with Crippen LogP contribution < -0.4 is 0 Å². The second-order valence-corrected chi connectivity index (χ2v) is 3.65. The standard InChI is InChI=1S/C8H3BrF5NO2/c9-4-2(6(10)11)1-15-5(8(12,13)14)3(4)7(16)17/h1,6H,(H,16,17). The Labute approximate surface area is 99.4 Å². The lowest BCUT2D eigenvalue weighted by Crippen LogP contribution is -2.17. The first-order chi connectivity index (χ1) is 7.66. The van der Waals surface area contributed by atoms with Crippen molar-refractivity contribution >= 4 is 21.9 Å². The fourth-order valence-corrected chi connectivity index (χ4v) is 1.70. The van der Waals surface area contributed by atoms with Crippen molar-refractivity contribution in [1.29, 1.82) is 0 Å². The van der Waals surface area contributed by atoms with Crippen molar-refractivity contribution in [3.8, 4) is 0 Å². The van der Waals surface area contributed by atoms with E-state index in [0.29, 0.717) is 6.20 Å². The molecular formula is C8H3BrF5NO2. The van der Waals surface area contributed by atoms with E-state index in [2.05, 4.69) is 20.9 Å². The predicted molar refractivity (Wildman–Crippen MR) is 48.9 cm³/mol. The number of aromatic carboxylic acids is 1. The molecule has 9 heteroatoms. The van der Waals surface area contributed by atoms with Crippen molar-refractivity contribution < 1.29 is 31.9 Å². The number of carboxylic acids is 1. The number of hydrogen-bond acceptors (Lipinski definition) is 2. The quantitative estimate of drug-likeness (QED) is 0.849. The first-order valence-electron chi connectivity index (χ1n) is 3.93. The minimum Gasteiger partial charge on any atom is -0.478 e. The maximum absolute atomic E-state index is 12.4. The molecule has 0 aliphatic rings. The zero-order valence-electron chi connectivity index (χ0n) is 7.73. The lowest BCUT2D eigenvalue weighted by atomic mass is 10.1. The Morgan fingerprint density at radius 2 is 1.94 bits per heavy atom. The zero-order valence-corrected chi connectivity index (χ0v) is 9.31. The molecule has 94 valence electrons. The van der Waals surface area contributed by atoms with E-state index >= 15 is 0 Å². The highest BCUT2D eigenvalue weighted by Gasteiger charge is 2.39. The van der Waals surface area contributed by atoms with Gasteiger partial charge in [-0.25, -0.2) is 13.6 Å². The Morgan fingerprint density at radius 1 is 1.41 bits per heavy atom. The number of pyridine rings is 1. The fraction of sp³-hybridized carbons (Fsp3) is 0.250. The van der Waals surface area contributed by atoms with Crippen molar-refractivity contribution in [2.24, 2.45) is 0 Å². The molecule has 0 bridgehead atoms. The second-order valence-electron chi connectivity index (χ2n) is 2.85. The monoisotopic (exact) mass is 319 g/mol. The number of hydrogen-bond donors (Lipinski definition) is 1. The topological polar surface area (TPSA) is 50.2 Å². The molecule has 0 saturated carbocycles. The van der Waals surface area contributed by atoms with Gasteiger partial charge in [-0.2, -0.15) is 13.2 Å². The van der Waals surface area contributed by atoms with Crippen LogP contribution in [0.15, 0.2) is 10.7 Å². The number of aromatic nitrogens is 1. The molecule has 1 aromatic heterocycles. The number of alkyl halides is 5. The highest BCUT2D eigenvalue weighted by Crippen LogP contribution is 2.37. The molecule has 0 aliphatic carbocycles. The van der Waals surface area contributed by atoms with Crippen molar-refractivity contribution in [3.05, 3.63) is 27.5 Å². The van der Waals surface area contributed by atoms with Gasteiger partial charge in [0, 0.05) is 10.7 Å². The first-order valence-corrected chi connectivity index (χ1v) is 4.72. The van der Waals surface area contributed by atoms with Crippen LogP contribution in [0.2, 0.25) is 0 Å². The highest BCUT2D eigenvalue weighted by atomic mass is 79.9. The van der Waals surface area contributed by atoms with Gasteiger partial charge in [-0.05, 0) is 15.9 Å². The van der Waals surface area contributed by atoms with Gasteiger partial charge in [0.25, 0.3) is 6.43 Å². The molecule has 0 radical (unpaired) electrons. The summed E-state index contributed by atoms with van der Waals surface area (Å²) < 4.78 is 61.1. The zero-order chi connectivity index (χ0) is 13.4. The number of nitrogens with zero attached hydrogens (tertiary/aromatic N) is 1. The minimum atomic E-state index is -5.03. The number of halogens is 6. The van der Waals surface area contributed by atoms with Gasteiger partial charge >= 0.3 is 12.1 Å². The summed E-state index contributed by atoms with van der Waals surface area (Å²) in [6.45, 7) is 0. The third-order valence-corrected chi connectivity index (χ3v) is 2.61. The summed E-state index contributed by atoms with van der Waals surface area (Å²) in [6, 6.07) is 0. The summed E-state index contributed by atoms with van der Waals surface area (Å²) in [7, 11) is 0. The molecule has 1 heterocycles. The molecular weight excluding hydrogens is 317 g/mol. The van der Waals surface area contributed by atoms with E-state index in [9.17, 15) is 26.7 Å². The van der Waals surface area contributed by atoms with Gasteiger partial charge in [0.2, 0.25) is 0 Å². The van der Waals surface area contributed by atoms with Crippen LogP contribution in [0, 0.1) is 0 Å². The van der Waals surface area contributed by atoms with Crippen LogP contribution in [0.1, 0.15) is 28.0 Å². The van der Waals surface area contributed by atoms with Crippen LogP contribution in [0.25, 0.3) is 0 Å². The lowest BCUT2D eigenvalue weighted by molar-refractivity contribution is -0.141. The van der Waals surface area contributed by atoms with E-state index < -0.39 is 39.9 Å². The molecule has 0 saturated heterocycles. The normalized spacial score (nSPS) is 11.9. The molecule has 0 spiro atoms. The third kappa shape index (κ3) is 2.71. The lowest BCUT2D eigenvalue weighted by Gasteiger charge is -2.12. The van der Waals surface area contributed by atoms with Crippen molar-refractivity contribution in [3.63, 3.8) is 0 Å². The van der Waals surface area contributed by atoms with Gasteiger partial charge in [-0.15, -0.1) is 0 Å². The van der Waals surface area contributed by atoms with E-state index in [0.717, 1.165) is 0 Å². The van der Waals surface area contributed by atoms with E-state index in [1.165, 1.54) is 0 Å². The van der Waals surface area contributed by atoms with Crippen LogP contribution in [-0.4, -0.2) is 16.1 Å². The van der Waals surface area contributed by atoms with E-state index in [1.54, 1.807) is 0 Å². The Balaban J connectivity index is 3.57. The molecule has 0 atom stereocenters. The SMILES string of the molecule is O=C(O)c1c(C(F)(F)F)ncc(C(F)F)c1Br. The van der Waals surface area contributed by atoms with E-state index in [-0.39, 0.29) is 0 Å². The van der Waals surface area contributed by atoms with Crippen LogP contribution in [0.3, 0.4) is 0 Å². The Morgan fingerprint density at radius 3 is 2.29 bits per heavy atom. The second kappa shape index (κ2) is 4.55. The summed E-state index contributed by atoms with van der Waals surface area (Å²) in [5.74, 6) is -1.99. The molecule has 17 heavy (non-hydrogen) atoms. The van der Waals surface area contributed by atoms with Crippen molar-refractivity contribution in [2.75, 3.05) is 0 Å². The van der Waals surface area contributed by atoms with Gasteiger partial charge in [0.1, 0.15) is 5.56 Å². The van der Waals surface area contributed by atoms with Crippen LogP contribution in [-0.2, 0) is 6.18 Å². The predicted octanol–water partition coefficient (Wildman–Crippen LogP) is 3.50. The van der Waals surface area contributed by atoms with Gasteiger partial charge in [0.05, 0.1) is 5.56 Å². The Hall–Kier alpha value is -1.25. The van der Waals surface area contributed by atoms with Gasteiger partial charge in [-0.3, -0.25) is 4.98 Å². The molecule has 0 fully saturated rings. The number of carbonyl (C=O) groups is 1. The summed E-state index contributed by atoms with van der Waals surface area (Å²) in [6.07, 6.45) is -7.86. The van der Waals surface area contributed by atoms with Crippen LogP contribution in [0.4, 0.5) is 22.0 Å². The fourth-order valence-electron chi connectivity index (χ4n) is 1.07. The van der Waals surface area contributed by atoms with Crippen LogP contribution in [0.5, 0.6) is 0 Å². The van der Waals surface area contributed by atoms with Crippen molar-refractivity contribution in [2.45, 2.75) is 12.6 Å². The molecule has 1 N–H and O–H groups in total. The molecule has 0 unspecified atom stereocenters. The Bertz CT molecular complexity index is 460. The highest BCUT2D eigenvalue weighted by molar-refractivity contribution is 9.10. The summed E-state index contributed by atoms with van der Waals surface area (Å²) in [5, 5.41) is 8.60. The summed E-state index contributed by atoms with van der Waals surface area (Å²) in [5.41, 5.74) is -3.95. The molecule has 1 aromatic rings. The van der Waals surface area contributed by atoms with Crippen molar-refractivity contribution in [1.82, 2.24) is 4.98 Å². The maximum atomic E-state index is 12.4. The van der Waals surface area contributed by atoms with Gasteiger partial charge in [0.15, 0.2) is 5.69 Å². The molecule has 0 aliphatic heterocycles. The molecule has 0 amide bonds. The van der Waals surface area contributed by atoms with E-state index in [1.807, 2.05) is 0 Å². The van der Waals surface area contributed by atoms with Gasteiger partial charge < -0.3 is 5.11 Å². The molecule has 3 nitrogen and oxygen atoms in total. The van der Waals surface area contributed by atoms with Crippen LogP contribution >= 0.6 is 15.9 Å². The summed E-state index contributed by atoms with van der Waals surface area (Å²) >= 11 is 2.42. The average Bonchev–Trinajstić information content (AvgIpc) is 2.14. The Kier molecular flexibility index (Phi) is 3.70. The summed E-state index contributed by atoms with van der Waals surface area (Å²) in [4.78, 5) is 13.4. The van der Waals surface area contributed by atoms with E-state index in [4.69, 9.17) is 5.11 Å². The minimum absolute atomic E-state index is 0.296. The largest absolute Gasteiger partial charge is 0.478 e. The maximum Gasteiger partial charge on any atom is 0.434 e. The molecule has 0 aromatic carbocycles. The molecule has 1 rings (SSSR count). The number of carboxylic acid groups (broad SMARTS) is 1. The smallest absolute Gasteiger partial charge is 0.434 e. The number of rotatable bonds is 2.